The maximum atomic E-state index is 12.1. The zero-order valence-electron chi connectivity index (χ0n) is 12.3. The molecule has 1 aliphatic heterocycles. The molecule has 4 heteroatoms. The molecule has 0 aromatic heterocycles. The number of carbonyl (C=O) groups excluding carboxylic acids is 2. The third-order valence-corrected chi connectivity index (χ3v) is 4.55. The largest absolute Gasteiger partial charge is 0.352 e. The molecule has 3 rings (SSSR count). The van der Waals surface area contributed by atoms with Crippen molar-refractivity contribution >= 4 is 17.5 Å². The van der Waals surface area contributed by atoms with Gasteiger partial charge in [0.2, 0.25) is 5.91 Å². The van der Waals surface area contributed by atoms with Gasteiger partial charge in [0, 0.05) is 17.8 Å². The van der Waals surface area contributed by atoms with Crippen LogP contribution in [0.4, 0.5) is 5.69 Å². The van der Waals surface area contributed by atoms with Gasteiger partial charge in [-0.2, -0.15) is 0 Å². The van der Waals surface area contributed by atoms with Crippen molar-refractivity contribution in [2.75, 3.05) is 11.9 Å². The van der Waals surface area contributed by atoms with Crippen LogP contribution >= 0.6 is 0 Å². The van der Waals surface area contributed by atoms with E-state index in [1.54, 1.807) is 12.1 Å². The molecular weight excluding hydrogens is 264 g/mol. The van der Waals surface area contributed by atoms with Crippen LogP contribution in [0, 0.1) is 5.92 Å². The molecule has 0 radical (unpaired) electrons. The van der Waals surface area contributed by atoms with E-state index in [9.17, 15) is 9.59 Å². The molecule has 2 amide bonds. The zero-order chi connectivity index (χ0) is 14.7. The Labute approximate surface area is 125 Å². The van der Waals surface area contributed by atoms with Gasteiger partial charge in [-0.25, -0.2) is 0 Å². The quantitative estimate of drug-likeness (QED) is 0.818. The van der Waals surface area contributed by atoms with Gasteiger partial charge in [0.05, 0.1) is 6.42 Å². The number of amides is 2. The van der Waals surface area contributed by atoms with Crippen molar-refractivity contribution in [3.05, 3.63) is 29.3 Å². The van der Waals surface area contributed by atoms with Crippen LogP contribution in [0.15, 0.2) is 18.2 Å². The van der Waals surface area contributed by atoms with E-state index in [4.69, 9.17) is 0 Å². The maximum absolute atomic E-state index is 12.1. The molecular formula is C17H22N2O2. The first-order valence-electron chi connectivity index (χ1n) is 7.93. The molecule has 0 bridgehead atoms. The van der Waals surface area contributed by atoms with Crippen molar-refractivity contribution in [2.24, 2.45) is 5.92 Å². The van der Waals surface area contributed by atoms with Gasteiger partial charge in [-0.15, -0.1) is 0 Å². The fourth-order valence-corrected chi connectivity index (χ4v) is 3.35. The van der Waals surface area contributed by atoms with Crippen molar-refractivity contribution in [3.8, 4) is 0 Å². The van der Waals surface area contributed by atoms with Crippen LogP contribution in [0.1, 0.15) is 54.4 Å². The normalized spacial score (nSPS) is 17.6. The molecule has 1 aromatic rings. The van der Waals surface area contributed by atoms with Crippen LogP contribution in [0.25, 0.3) is 0 Å². The molecule has 2 aliphatic rings. The highest BCUT2D eigenvalue weighted by Gasteiger charge is 2.19. The van der Waals surface area contributed by atoms with E-state index in [2.05, 4.69) is 10.6 Å². The van der Waals surface area contributed by atoms with Gasteiger partial charge in [0.15, 0.2) is 0 Å². The lowest BCUT2D eigenvalue weighted by Gasteiger charge is -2.10. The minimum Gasteiger partial charge on any atom is -0.352 e. The minimum absolute atomic E-state index is 0.000813. The predicted molar refractivity (Wildman–Crippen MR) is 82.3 cm³/mol. The number of anilines is 1. The van der Waals surface area contributed by atoms with Crippen molar-refractivity contribution in [1.29, 1.82) is 0 Å². The molecule has 0 unspecified atom stereocenters. The third kappa shape index (κ3) is 3.43. The van der Waals surface area contributed by atoms with Gasteiger partial charge < -0.3 is 10.6 Å². The van der Waals surface area contributed by atoms with Gasteiger partial charge in [-0.1, -0.05) is 31.7 Å². The summed E-state index contributed by atoms with van der Waals surface area (Å²) >= 11 is 0. The minimum atomic E-state index is -0.0506. The molecule has 0 spiro atoms. The number of fused-ring (bicyclic) bond motifs is 1. The second-order valence-electron chi connectivity index (χ2n) is 6.15. The SMILES string of the molecule is O=C1Cc2ccc(C(=O)NCCCC3CCCC3)cc2N1. The first-order chi connectivity index (χ1) is 10.2. The topological polar surface area (TPSA) is 58.2 Å². The lowest BCUT2D eigenvalue weighted by molar-refractivity contribution is -0.115. The Morgan fingerprint density at radius 2 is 2.10 bits per heavy atom. The number of nitrogens with one attached hydrogen (secondary N) is 2. The van der Waals surface area contributed by atoms with Crippen LogP contribution in [0.2, 0.25) is 0 Å². The molecule has 21 heavy (non-hydrogen) atoms. The summed E-state index contributed by atoms with van der Waals surface area (Å²) in [6, 6.07) is 5.43. The van der Waals surface area contributed by atoms with Gasteiger partial charge in [0.25, 0.3) is 5.91 Å². The average molecular weight is 286 g/mol. The molecule has 2 N–H and O–H groups in total. The van der Waals surface area contributed by atoms with Crippen LogP contribution in [0.5, 0.6) is 0 Å². The molecule has 0 atom stereocenters. The van der Waals surface area contributed by atoms with Gasteiger partial charge in [-0.3, -0.25) is 9.59 Å². The summed E-state index contributed by atoms with van der Waals surface area (Å²) in [5.74, 6) is 0.821. The van der Waals surface area contributed by atoms with E-state index in [1.807, 2.05) is 6.07 Å². The first-order valence-corrected chi connectivity index (χ1v) is 7.93. The van der Waals surface area contributed by atoms with Crippen molar-refractivity contribution in [2.45, 2.75) is 44.9 Å². The highest BCUT2D eigenvalue weighted by atomic mass is 16.2. The standard InChI is InChI=1S/C17H22N2O2/c20-16-11-13-7-8-14(10-15(13)19-16)17(21)18-9-3-6-12-4-1-2-5-12/h7-8,10,12H,1-6,9,11H2,(H,18,21)(H,19,20). The molecule has 1 aliphatic carbocycles. The average Bonchev–Trinajstić information content (AvgIpc) is 3.10. The number of hydrogen-bond acceptors (Lipinski definition) is 2. The highest BCUT2D eigenvalue weighted by Crippen LogP contribution is 2.28. The Kier molecular flexibility index (Phi) is 4.23. The van der Waals surface area contributed by atoms with Crippen LogP contribution < -0.4 is 10.6 Å². The summed E-state index contributed by atoms with van der Waals surface area (Å²) < 4.78 is 0. The molecule has 0 saturated heterocycles. The summed E-state index contributed by atoms with van der Waals surface area (Å²) in [5, 5.41) is 5.75. The van der Waals surface area contributed by atoms with Gasteiger partial charge >= 0.3 is 0 Å². The van der Waals surface area contributed by atoms with Crippen molar-refractivity contribution in [1.82, 2.24) is 5.32 Å². The van der Waals surface area contributed by atoms with Gasteiger partial charge in [-0.05, 0) is 36.5 Å². The number of carbonyl (C=O) groups is 2. The Morgan fingerprint density at radius 3 is 2.90 bits per heavy atom. The molecule has 1 saturated carbocycles. The maximum Gasteiger partial charge on any atom is 0.251 e. The molecule has 112 valence electrons. The summed E-state index contributed by atoms with van der Waals surface area (Å²) in [4.78, 5) is 23.4. The fraction of sp³-hybridized carbons (Fsp3) is 0.529. The van der Waals surface area contributed by atoms with Crippen LogP contribution in [0.3, 0.4) is 0 Å². The van der Waals surface area contributed by atoms with E-state index in [0.29, 0.717) is 12.0 Å². The summed E-state index contributed by atoms with van der Waals surface area (Å²) in [6.45, 7) is 0.735. The third-order valence-electron chi connectivity index (χ3n) is 4.55. The van der Waals surface area contributed by atoms with Crippen LogP contribution in [-0.4, -0.2) is 18.4 Å². The molecule has 1 heterocycles. The lowest BCUT2D eigenvalue weighted by Crippen LogP contribution is -2.24. The van der Waals surface area contributed by atoms with E-state index >= 15 is 0 Å². The molecule has 1 aromatic carbocycles. The zero-order valence-corrected chi connectivity index (χ0v) is 12.3. The van der Waals surface area contributed by atoms with Crippen LogP contribution in [-0.2, 0) is 11.2 Å². The number of hydrogen-bond donors (Lipinski definition) is 2. The summed E-state index contributed by atoms with van der Waals surface area (Å²) in [6.07, 6.45) is 8.16. The second-order valence-corrected chi connectivity index (χ2v) is 6.15. The molecule has 1 fully saturated rings. The lowest BCUT2D eigenvalue weighted by atomic mass is 10.0. The van der Waals surface area contributed by atoms with Gasteiger partial charge in [0.1, 0.15) is 0 Å². The van der Waals surface area contributed by atoms with E-state index in [0.717, 1.165) is 30.1 Å². The van der Waals surface area contributed by atoms with E-state index in [-0.39, 0.29) is 11.8 Å². The van der Waals surface area contributed by atoms with E-state index in [1.165, 1.54) is 32.1 Å². The Morgan fingerprint density at radius 1 is 1.29 bits per heavy atom. The Bertz CT molecular complexity index is 548. The summed E-state index contributed by atoms with van der Waals surface area (Å²) in [5.41, 5.74) is 2.37. The Hall–Kier alpha value is -1.84. The monoisotopic (exact) mass is 286 g/mol. The van der Waals surface area contributed by atoms with Crippen molar-refractivity contribution < 1.29 is 9.59 Å². The smallest absolute Gasteiger partial charge is 0.251 e. The highest BCUT2D eigenvalue weighted by molar-refractivity contribution is 6.02. The van der Waals surface area contributed by atoms with E-state index < -0.39 is 0 Å². The summed E-state index contributed by atoms with van der Waals surface area (Å²) in [7, 11) is 0. The van der Waals surface area contributed by atoms with Crippen molar-refractivity contribution in [3.63, 3.8) is 0 Å². The predicted octanol–water partition coefficient (Wildman–Crippen LogP) is 2.88. The number of rotatable bonds is 5. The second kappa shape index (κ2) is 6.29. The molecule has 4 nitrogen and oxygen atoms in total. The number of benzene rings is 1. The fourth-order valence-electron chi connectivity index (χ4n) is 3.35. The Balaban J connectivity index is 1.47. The first kappa shape index (κ1) is 14.1.